The van der Waals surface area contributed by atoms with Gasteiger partial charge < -0.3 is 9.47 Å². The van der Waals surface area contributed by atoms with Crippen molar-refractivity contribution < 1.29 is 0 Å². The first-order chi connectivity index (χ1) is 12.9. The lowest BCUT2D eigenvalue weighted by atomic mass is 10.1. The van der Waals surface area contributed by atoms with Crippen molar-refractivity contribution in [3.63, 3.8) is 0 Å². The van der Waals surface area contributed by atoms with Gasteiger partial charge in [-0.1, -0.05) is 11.6 Å². The molecule has 0 unspecified atom stereocenters. The Bertz CT molecular complexity index is 1050. The Morgan fingerprint density at radius 3 is 2.33 bits per heavy atom. The summed E-state index contributed by atoms with van der Waals surface area (Å²) < 4.78 is 4.62. The average Bonchev–Trinajstić information content (AvgIpc) is 3.00. The molecule has 144 valence electrons. The Hall–Kier alpha value is -2.75. The largest absolute Gasteiger partial charge is 0.357 e. The predicted molar refractivity (Wildman–Crippen MR) is 107 cm³/mol. The zero-order valence-corrected chi connectivity index (χ0v) is 16.6. The van der Waals surface area contributed by atoms with Gasteiger partial charge >= 0.3 is 5.69 Å². The molecular formula is C20H27N5O2. The van der Waals surface area contributed by atoms with Gasteiger partial charge in [-0.25, -0.2) is 4.79 Å². The molecule has 1 saturated heterocycles. The summed E-state index contributed by atoms with van der Waals surface area (Å²) in [6.07, 6.45) is 5.35. The molecule has 27 heavy (non-hydrogen) atoms. The van der Waals surface area contributed by atoms with Gasteiger partial charge in [0.1, 0.15) is 23.0 Å². The monoisotopic (exact) mass is 369 g/mol. The Labute approximate surface area is 158 Å². The van der Waals surface area contributed by atoms with Gasteiger partial charge in [-0.05, 0) is 40.0 Å². The molecule has 0 amide bonds. The Balaban J connectivity index is 2.46. The van der Waals surface area contributed by atoms with Crippen LogP contribution in [-0.4, -0.2) is 26.8 Å². The van der Waals surface area contributed by atoms with E-state index in [1.807, 2.05) is 18.4 Å². The van der Waals surface area contributed by atoms with E-state index in [4.69, 9.17) is 0 Å². The highest BCUT2D eigenvalue weighted by Crippen LogP contribution is 2.32. The lowest BCUT2D eigenvalue weighted by Gasteiger charge is -2.30. The van der Waals surface area contributed by atoms with Crippen LogP contribution in [0.25, 0.3) is 11.0 Å². The summed E-state index contributed by atoms with van der Waals surface area (Å²) >= 11 is 0. The zero-order chi connectivity index (χ0) is 19.7. The molecule has 0 bridgehead atoms. The average molecular weight is 369 g/mol. The number of aryl methyl sites for hydroxylation is 1. The summed E-state index contributed by atoms with van der Waals surface area (Å²) in [5, 5.41) is 9.94. The first kappa shape index (κ1) is 19.0. The van der Waals surface area contributed by atoms with E-state index in [-0.39, 0.29) is 11.2 Å². The fourth-order valence-corrected chi connectivity index (χ4v) is 3.90. The number of hydrogen-bond acceptors (Lipinski definition) is 4. The van der Waals surface area contributed by atoms with Crippen LogP contribution in [0.3, 0.4) is 0 Å². The van der Waals surface area contributed by atoms with E-state index in [9.17, 15) is 14.9 Å². The fourth-order valence-electron chi connectivity index (χ4n) is 3.90. The highest BCUT2D eigenvalue weighted by atomic mass is 16.2. The Kier molecular flexibility index (Phi) is 5.26. The van der Waals surface area contributed by atoms with Crippen molar-refractivity contribution in [2.45, 2.75) is 53.1 Å². The number of nitrogens with zero attached hydrogens (tertiary/aromatic N) is 5. The summed E-state index contributed by atoms with van der Waals surface area (Å²) in [5.74, 6) is 0.769. The maximum atomic E-state index is 13.1. The molecule has 0 saturated carbocycles. The van der Waals surface area contributed by atoms with Gasteiger partial charge in [0.15, 0.2) is 0 Å². The van der Waals surface area contributed by atoms with Gasteiger partial charge in [-0.15, -0.1) is 0 Å². The second kappa shape index (κ2) is 7.47. The molecule has 0 aliphatic carbocycles. The molecular weight excluding hydrogens is 342 g/mol. The molecule has 3 rings (SSSR count). The first-order valence-corrected chi connectivity index (χ1v) is 9.56. The molecule has 0 atom stereocenters. The highest BCUT2D eigenvalue weighted by Gasteiger charge is 2.27. The number of fused-ring (bicyclic) bond motifs is 1. The number of aromatic nitrogens is 3. The van der Waals surface area contributed by atoms with Crippen molar-refractivity contribution in [2.24, 2.45) is 7.05 Å². The molecule has 7 heteroatoms. The molecule has 3 heterocycles. The van der Waals surface area contributed by atoms with Crippen LogP contribution in [0.15, 0.2) is 21.2 Å². The van der Waals surface area contributed by atoms with Crippen LogP contribution in [-0.2, 0) is 20.1 Å². The number of anilines is 1. The normalized spacial score (nSPS) is 14.4. The quantitative estimate of drug-likeness (QED) is 0.775. The standard InChI is InChI=1S/C20H27N5O2/c1-5-24-19(26)17-16(22(4)20(24)27)15(13-21)18(23-10-7-6-8-11-23)25(17)12-9-14(2)3/h9H,5-8,10-12H2,1-4H3. The van der Waals surface area contributed by atoms with Gasteiger partial charge in [-0.2, -0.15) is 5.26 Å². The van der Waals surface area contributed by atoms with Crippen LogP contribution in [0, 0.1) is 11.3 Å². The third kappa shape index (κ3) is 3.09. The molecule has 1 fully saturated rings. The number of nitriles is 1. The second-order valence-electron chi connectivity index (χ2n) is 7.34. The van der Waals surface area contributed by atoms with Crippen LogP contribution in [0.2, 0.25) is 0 Å². The van der Waals surface area contributed by atoms with Crippen molar-refractivity contribution in [3.05, 3.63) is 38.1 Å². The molecule has 2 aromatic heterocycles. The van der Waals surface area contributed by atoms with E-state index in [1.165, 1.54) is 15.6 Å². The van der Waals surface area contributed by atoms with Crippen molar-refractivity contribution in [2.75, 3.05) is 18.0 Å². The summed E-state index contributed by atoms with van der Waals surface area (Å²) in [6.45, 7) is 8.33. The van der Waals surface area contributed by atoms with E-state index < -0.39 is 0 Å². The summed E-state index contributed by atoms with van der Waals surface area (Å²) in [6, 6.07) is 2.29. The van der Waals surface area contributed by atoms with Crippen LogP contribution in [0.4, 0.5) is 5.82 Å². The van der Waals surface area contributed by atoms with Crippen LogP contribution >= 0.6 is 0 Å². The number of rotatable bonds is 4. The number of hydrogen-bond donors (Lipinski definition) is 0. The third-order valence-corrected chi connectivity index (χ3v) is 5.28. The summed E-state index contributed by atoms with van der Waals surface area (Å²) in [4.78, 5) is 28.0. The van der Waals surface area contributed by atoms with Crippen molar-refractivity contribution in [1.29, 1.82) is 5.26 Å². The van der Waals surface area contributed by atoms with Crippen molar-refractivity contribution in [3.8, 4) is 6.07 Å². The fraction of sp³-hybridized carbons (Fsp3) is 0.550. The topological polar surface area (TPSA) is 76.0 Å². The molecule has 0 spiro atoms. The Morgan fingerprint density at radius 2 is 1.78 bits per heavy atom. The molecule has 0 N–H and O–H groups in total. The van der Waals surface area contributed by atoms with Crippen LogP contribution in [0.5, 0.6) is 0 Å². The van der Waals surface area contributed by atoms with Gasteiger partial charge in [-0.3, -0.25) is 13.9 Å². The predicted octanol–water partition coefficient (Wildman–Crippen LogP) is 2.35. The molecule has 2 aromatic rings. The minimum absolute atomic E-state index is 0.302. The molecule has 7 nitrogen and oxygen atoms in total. The third-order valence-electron chi connectivity index (χ3n) is 5.28. The SMILES string of the molecule is CCn1c(=O)c2c(c(C#N)c(N3CCCCC3)n2CC=C(C)C)n(C)c1=O. The van der Waals surface area contributed by atoms with Crippen molar-refractivity contribution in [1.82, 2.24) is 13.7 Å². The van der Waals surface area contributed by atoms with E-state index in [2.05, 4.69) is 17.0 Å². The lowest BCUT2D eigenvalue weighted by Crippen LogP contribution is -2.39. The molecule has 0 aromatic carbocycles. The molecule has 1 aliphatic rings. The molecule has 0 radical (unpaired) electrons. The van der Waals surface area contributed by atoms with Gasteiger partial charge in [0.05, 0.1) is 5.52 Å². The molecule has 1 aliphatic heterocycles. The zero-order valence-electron chi connectivity index (χ0n) is 16.6. The Morgan fingerprint density at radius 1 is 1.11 bits per heavy atom. The minimum Gasteiger partial charge on any atom is -0.357 e. The maximum absolute atomic E-state index is 13.1. The van der Waals surface area contributed by atoms with Gasteiger partial charge in [0.2, 0.25) is 0 Å². The van der Waals surface area contributed by atoms with Gasteiger partial charge in [0.25, 0.3) is 5.56 Å². The lowest BCUT2D eigenvalue weighted by molar-refractivity contribution is 0.565. The highest BCUT2D eigenvalue weighted by molar-refractivity contribution is 5.89. The van der Waals surface area contributed by atoms with Gasteiger partial charge in [0, 0.05) is 33.2 Å². The second-order valence-corrected chi connectivity index (χ2v) is 7.34. The summed E-state index contributed by atoms with van der Waals surface area (Å²) in [5.41, 5.74) is 1.75. The van der Waals surface area contributed by atoms with E-state index in [0.29, 0.717) is 29.7 Å². The van der Waals surface area contributed by atoms with Crippen LogP contribution < -0.4 is 16.1 Å². The number of piperidine rings is 1. The van der Waals surface area contributed by atoms with E-state index >= 15 is 0 Å². The minimum atomic E-state index is -0.379. The van der Waals surface area contributed by atoms with E-state index in [0.717, 1.165) is 37.3 Å². The number of allylic oxidation sites excluding steroid dienone is 2. The van der Waals surface area contributed by atoms with E-state index in [1.54, 1.807) is 14.0 Å². The maximum Gasteiger partial charge on any atom is 0.331 e. The van der Waals surface area contributed by atoms with Crippen LogP contribution in [0.1, 0.15) is 45.6 Å². The smallest absolute Gasteiger partial charge is 0.331 e. The van der Waals surface area contributed by atoms with Crippen molar-refractivity contribution >= 4 is 16.9 Å². The first-order valence-electron chi connectivity index (χ1n) is 9.56. The summed E-state index contributed by atoms with van der Waals surface area (Å²) in [7, 11) is 1.64.